The van der Waals surface area contributed by atoms with Gasteiger partial charge in [-0.3, -0.25) is 9.69 Å². The lowest BCUT2D eigenvalue weighted by atomic mass is 9.76. The molecule has 3 unspecified atom stereocenters. The van der Waals surface area contributed by atoms with Crippen LogP contribution in [0.2, 0.25) is 5.02 Å². The van der Waals surface area contributed by atoms with E-state index in [1.54, 1.807) is 12.1 Å². The van der Waals surface area contributed by atoms with E-state index in [0.717, 1.165) is 31.2 Å². The summed E-state index contributed by atoms with van der Waals surface area (Å²) in [6.45, 7) is 2.60. The van der Waals surface area contributed by atoms with E-state index in [9.17, 15) is 9.59 Å². The average molecular weight is 417 g/mol. The predicted octanol–water partition coefficient (Wildman–Crippen LogP) is 4.38. The van der Waals surface area contributed by atoms with Crippen LogP contribution in [0.5, 0.6) is 0 Å². The number of benzene rings is 1. The number of halogens is 1. The lowest BCUT2D eigenvalue weighted by molar-refractivity contribution is -0.136. The van der Waals surface area contributed by atoms with Crippen LogP contribution in [0.15, 0.2) is 28.8 Å². The number of urea groups is 1. The number of fused-ring (bicyclic) bond motifs is 1. The third kappa shape index (κ3) is 4.15. The van der Waals surface area contributed by atoms with Gasteiger partial charge in [-0.1, -0.05) is 36.5 Å². The van der Waals surface area contributed by atoms with Crippen LogP contribution in [0.1, 0.15) is 57.3 Å². The van der Waals surface area contributed by atoms with Crippen molar-refractivity contribution in [2.24, 2.45) is 5.92 Å². The molecule has 7 nitrogen and oxygen atoms in total. The Kier molecular flexibility index (Phi) is 5.85. The average Bonchev–Trinajstić information content (AvgIpc) is 3.21. The number of nitrogens with zero attached hydrogens (tertiary/aromatic N) is 3. The minimum Gasteiger partial charge on any atom is -0.339 e. The van der Waals surface area contributed by atoms with E-state index in [-0.39, 0.29) is 29.8 Å². The van der Waals surface area contributed by atoms with Crippen LogP contribution in [0.3, 0.4) is 0 Å². The van der Waals surface area contributed by atoms with Gasteiger partial charge in [-0.2, -0.15) is 4.98 Å². The Morgan fingerprint density at radius 1 is 1.21 bits per heavy atom. The first-order valence-corrected chi connectivity index (χ1v) is 10.7. The topological polar surface area (TPSA) is 88.3 Å². The molecule has 2 aromatic rings. The number of carbonyl (C=O) groups is 2. The second-order valence-electron chi connectivity index (χ2n) is 7.83. The van der Waals surface area contributed by atoms with Crippen molar-refractivity contribution in [3.05, 3.63) is 35.2 Å². The molecule has 0 bridgehead atoms. The molecule has 3 amide bonds. The number of amides is 3. The van der Waals surface area contributed by atoms with Gasteiger partial charge in [-0.15, -0.1) is 0 Å². The minimum absolute atomic E-state index is 0.0320. The van der Waals surface area contributed by atoms with Crippen LogP contribution in [0.4, 0.5) is 4.79 Å². The molecule has 1 saturated heterocycles. The highest BCUT2D eigenvalue weighted by Crippen LogP contribution is 2.38. The maximum absolute atomic E-state index is 12.8. The van der Waals surface area contributed by atoms with Gasteiger partial charge >= 0.3 is 6.03 Å². The molecule has 2 fully saturated rings. The SMILES string of the molecule is CCCCCN1C(=O)NC2CC(c3nc(-c4ccc(Cl)cc4)no3)CCC2C1=O. The molecule has 154 valence electrons. The quantitative estimate of drug-likeness (QED) is 0.705. The summed E-state index contributed by atoms with van der Waals surface area (Å²) >= 11 is 5.93. The van der Waals surface area contributed by atoms with Crippen LogP contribution in [-0.2, 0) is 4.79 Å². The Bertz CT molecular complexity index is 882. The maximum Gasteiger partial charge on any atom is 0.324 e. The summed E-state index contributed by atoms with van der Waals surface area (Å²) in [5.41, 5.74) is 0.835. The van der Waals surface area contributed by atoms with E-state index < -0.39 is 0 Å². The molecule has 3 atom stereocenters. The Hall–Kier alpha value is -2.41. The molecule has 29 heavy (non-hydrogen) atoms. The van der Waals surface area contributed by atoms with Gasteiger partial charge in [-0.05, 0) is 49.9 Å². The van der Waals surface area contributed by atoms with Gasteiger partial charge in [0.25, 0.3) is 0 Å². The van der Waals surface area contributed by atoms with Crippen LogP contribution >= 0.6 is 11.6 Å². The summed E-state index contributed by atoms with van der Waals surface area (Å²) in [7, 11) is 0. The zero-order chi connectivity index (χ0) is 20.4. The van der Waals surface area contributed by atoms with Crippen molar-refractivity contribution in [1.82, 2.24) is 20.4 Å². The Morgan fingerprint density at radius 3 is 2.76 bits per heavy atom. The largest absolute Gasteiger partial charge is 0.339 e. The molecule has 4 rings (SSSR count). The molecule has 1 aromatic heterocycles. The summed E-state index contributed by atoms with van der Waals surface area (Å²) in [6, 6.07) is 6.81. The zero-order valence-corrected chi connectivity index (χ0v) is 17.2. The standard InChI is InChI=1S/C21H25ClN4O3/c1-2-3-4-11-26-20(27)16-10-7-14(12-17(16)23-21(26)28)19-24-18(25-29-19)13-5-8-15(22)9-6-13/h5-6,8-9,14,16-17H,2-4,7,10-12H2,1H3,(H,23,28). The fourth-order valence-corrected chi connectivity index (χ4v) is 4.36. The van der Waals surface area contributed by atoms with Gasteiger partial charge in [0.1, 0.15) is 0 Å². The van der Waals surface area contributed by atoms with Crippen molar-refractivity contribution in [3.8, 4) is 11.4 Å². The normalized spacial score (nSPS) is 24.3. The zero-order valence-electron chi connectivity index (χ0n) is 16.4. The minimum atomic E-state index is -0.277. The van der Waals surface area contributed by atoms with E-state index >= 15 is 0 Å². The summed E-state index contributed by atoms with van der Waals surface area (Å²) < 4.78 is 5.51. The highest BCUT2D eigenvalue weighted by atomic mass is 35.5. The number of nitrogens with one attached hydrogen (secondary N) is 1. The van der Waals surface area contributed by atoms with Gasteiger partial charge in [0.05, 0.1) is 5.92 Å². The third-order valence-corrected chi connectivity index (χ3v) is 6.12. The van der Waals surface area contributed by atoms with Crippen LogP contribution in [0.25, 0.3) is 11.4 Å². The Morgan fingerprint density at radius 2 is 2.00 bits per heavy atom. The van der Waals surface area contributed by atoms with Gasteiger partial charge in [0, 0.05) is 29.1 Å². The fourth-order valence-electron chi connectivity index (χ4n) is 4.24. The summed E-state index contributed by atoms with van der Waals surface area (Å²) in [5.74, 6) is 0.902. The molecular formula is C21H25ClN4O3. The third-order valence-electron chi connectivity index (χ3n) is 5.87. The van der Waals surface area contributed by atoms with Crippen molar-refractivity contribution in [2.75, 3.05) is 6.54 Å². The number of carbonyl (C=O) groups excluding carboxylic acids is 2. The van der Waals surface area contributed by atoms with E-state index in [0.29, 0.717) is 36.1 Å². The van der Waals surface area contributed by atoms with Crippen molar-refractivity contribution >= 4 is 23.5 Å². The molecule has 1 aliphatic heterocycles. The van der Waals surface area contributed by atoms with Crippen LogP contribution in [0, 0.1) is 5.92 Å². The number of rotatable bonds is 6. The Labute approximate surface area is 174 Å². The first-order chi connectivity index (χ1) is 14.1. The molecular weight excluding hydrogens is 392 g/mol. The van der Waals surface area contributed by atoms with Crippen LogP contribution in [-0.4, -0.2) is 39.6 Å². The first kappa shape index (κ1) is 19.9. The van der Waals surface area contributed by atoms with Crippen molar-refractivity contribution in [3.63, 3.8) is 0 Å². The molecule has 0 spiro atoms. The highest BCUT2D eigenvalue weighted by Gasteiger charge is 2.45. The second-order valence-corrected chi connectivity index (χ2v) is 8.27. The number of hydrogen-bond acceptors (Lipinski definition) is 5. The second kappa shape index (κ2) is 8.53. The van der Waals surface area contributed by atoms with E-state index in [4.69, 9.17) is 16.1 Å². The Balaban J connectivity index is 1.42. The molecule has 8 heteroatoms. The lowest BCUT2D eigenvalue weighted by Crippen LogP contribution is -2.61. The number of aromatic nitrogens is 2. The molecule has 2 aliphatic rings. The van der Waals surface area contributed by atoms with Crippen molar-refractivity contribution in [1.29, 1.82) is 0 Å². The monoisotopic (exact) mass is 416 g/mol. The van der Waals surface area contributed by atoms with Gasteiger partial charge in [0.2, 0.25) is 17.6 Å². The number of imide groups is 1. The van der Waals surface area contributed by atoms with Crippen molar-refractivity contribution < 1.29 is 14.1 Å². The van der Waals surface area contributed by atoms with Gasteiger partial charge < -0.3 is 9.84 Å². The summed E-state index contributed by atoms with van der Waals surface area (Å²) in [5, 5.41) is 7.77. The summed E-state index contributed by atoms with van der Waals surface area (Å²) in [4.78, 5) is 31.2. The van der Waals surface area contributed by atoms with Gasteiger partial charge in [0.15, 0.2) is 0 Å². The highest BCUT2D eigenvalue weighted by molar-refractivity contribution is 6.30. The molecule has 2 heterocycles. The summed E-state index contributed by atoms with van der Waals surface area (Å²) in [6.07, 6.45) is 5.05. The lowest BCUT2D eigenvalue weighted by Gasteiger charge is -2.41. The molecule has 1 saturated carbocycles. The maximum atomic E-state index is 12.8. The van der Waals surface area contributed by atoms with E-state index in [2.05, 4.69) is 22.4 Å². The van der Waals surface area contributed by atoms with Crippen molar-refractivity contribution in [2.45, 2.75) is 57.4 Å². The predicted molar refractivity (Wildman–Crippen MR) is 108 cm³/mol. The molecule has 0 radical (unpaired) electrons. The van der Waals surface area contributed by atoms with Crippen LogP contribution < -0.4 is 5.32 Å². The van der Waals surface area contributed by atoms with E-state index in [1.165, 1.54) is 4.90 Å². The van der Waals surface area contributed by atoms with E-state index in [1.807, 2.05) is 12.1 Å². The number of unbranched alkanes of at least 4 members (excludes halogenated alkanes) is 2. The fraction of sp³-hybridized carbons (Fsp3) is 0.524. The molecule has 1 aromatic carbocycles. The molecule has 1 aliphatic carbocycles. The first-order valence-electron chi connectivity index (χ1n) is 10.3. The molecule has 1 N–H and O–H groups in total. The van der Waals surface area contributed by atoms with Gasteiger partial charge in [-0.25, -0.2) is 4.79 Å². The number of hydrogen-bond donors (Lipinski definition) is 1. The smallest absolute Gasteiger partial charge is 0.324 e.